The van der Waals surface area contributed by atoms with Gasteiger partial charge < -0.3 is 4.74 Å². The van der Waals surface area contributed by atoms with Crippen molar-refractivity contribution in [3.05, 3.63) is 10.7 Å². The summed E-state index contributed by atoms with van der Waals surface area (Å²) in [5.74, 6) is 0.692. The lowest BCUT2D eigenvalue weighted by molar-refractivity contribution is 0.324. The van der Waals surface area contributed by atoms with Crippen molar-refractivity contribution < 1.29 is 4.74 Å². The molecule has 1 N–H and O–H groups in total. The number of H-pyrrole nitrogens is 1. The Balaban J connectivity index is 0.000000810. The molecule has 5 heteroatoms. The third-order valence-corrected chi connectivity index (χ3v) is 1.41. The van der Waals surface area contributed by atoms with Gasteiger partial charge in [0, 0.05) is 0 Å². The van der Waals surface area contributed by atoms with Crippen molar-refractivity contribution in [2.24, 2.45) is 0 Å². The molecule has 0 unspecified atom stereocenters. The Hall–Kier alpha value is -0.220. The Morgan fingerprint density at radius 1 is 1.80 bits per heavy atom. The Morgan fingerprint density at radius 3 is 2.90 bits per heavy atom. The summed E-state index contributed by atoms with van der Waals surface area (Å²) in [5, 5.41) is 6.43. The van der Waals surface area contributed by atoms with Gasteiger partial charge in [-0.05, 0) is 22.9 Å². The smallest absolute Gasteiger partial charge is 0.223 e. The van der Waals surface area contributed by atoms with Crippen molar-refractivity contribution in [2.75, 3.05) is 6.61 Å². The van der Waals surface area contributed by atoms with E-state index in [4.69, 9.17) is 4.74 Å². The molecule has 1 aromatic heterocycles. The van der Waals surface area contributed by atoms with Gasteiger partial charge in [0.1, 0.15) is 0 Å². The lowest BCUT2D eigenvalue weighted by Crippen LogP contribution is -1.91. The van der Waals surface area contributed by atoms with Gasteiger partial charge in [-0.2, -0.15) is 5.10 Å². The molecule has 10 heavy (non-hydrogen) atoms. The van der Waals surface area contributed by atoms with Crippen molar-refractivity contribution in [3.63, 3.8) is 0 Å². The van der Waals surface area contributed by atoms with E-state index in [0.29, 0.717) is 12.5 Å². The van der Waals surface area contributed by atoms with Gasteiger partial charge in [0.15, 0.2) is 0 Å². The molecule has 0 fully saturated rings. The number of nitrogens with zero attached hydrogens (tertiary/aromatic N) is 1. The number of ether oxygens (including phenoxy) is 1. The van der Waals surface area contributed by atoms with Crippen LogP contribution in [-0.4, -0.2) is 16.8 Å². The van der Waals surface area contributed by atoms with Crippen LogP contribution in [0.1, 0.15) is 6.92 Å². The third kappa shape index (κ3) is 2.19. The molecule has 3 nitrogen and oxygen atoms in total. The molecule has 1 heterocycles. The molecule has 0 aliphatic rings. The van der Waals surface area contributed by atoms with Crippen molar-refractivity contribution in [3.8, 4) is 5.88 Å². The van der Waals surface area contributed by atoms with Crippen LogP contribution in [0.4, 0.5) is 0 Å². The summed E-state index contributed by atoms with van der Waals surface area (Å²) in [6, 6.07) is 0. The Labute approximate surface area is 73.7 Å². The quantitative estimate of drug-likeness (QED) is 0.839. The van der Waals surface area contributed by atoms with Crippen molar-refractivity contribution >= 4 is 28.3 Å². The number of hydrogen-bond donors (Lipinski definition) is 1. The topological polar surface area (TPSA) is 37.9 Å². The second-order valence-electron chi connectivity index (χ2n) is 1.48. The van der Waals surface area contributed by atoms with E-state index in [1.807, 2.05) is 6.92 Å². The van der Waals surface area contributed by atoms with Crippen molar-refractivity contribution in [2.45, 2.75) is 6.92 Å². The first kappa shape index (κ1) is 9.78. The fourth-order valence-electron chi connectivity index (χ4n) is 0.505. The standard InChI is InChI=1S/C5H7BrN2O.ClH/c1-2-9-5-4(6)3-7-8-5;/h3H,2H2,1H3,(H,7,8);1H. The van der Waals surface area contributed by atoms with E-state index in [9.17, 15) is 0 Å². The fourth-order valence-corrected chi connectivity index (χ4v) is 0.811. The number of halogens is 2. The van der Waals surface area contributed by atoms with E-state index in [1.54, 1.807) is 6.20 Å². The molecule has 0 saturated carbocycles. The van der Waals surface area contributed by atoms with Crippen molar-refractivity contribution in [1.82, 2.24) is 10.2 Å². The Morgan fingerprint density at radius 2 is 2.50 bits per heavy atom. The summed E-state index contributed by atoms with van der Waals surface area (Å²) in [6.07, 6.45) is 1.66. The van der Waals surface area contributed by atoms with E-state index in [0.717, 1.165) is 4.47 Å². The van der Waals surface area contributed by atoms with E-state index in [2.05, 4.69) is 26.1 Å². The highest BCUT2D eigenvalue weighted by Gasteiger charge is 1.98. The summed E-state index contributed by atoms with van der Waals surface area (Å²) in [4.78, 5) is 0. The average Bonchev–Trinajstić information content (AvgIpc) is 2.18. The lowest BCUT2D eigenvalue weighted by atomic mass is 10.7. The molecule has 1 rings (SSSR count). The second-order valence-corrected chi connectivity index (χ2v) is 2.33. The number of aromatic amines is 1. The normalized spacial score (nSPS) is 8.60. The molecule has 1 aromatic rings. The first-order chi connectivity index (χ1) is 4.34. The Kier molecular flexibility index (Phi) is 4.47. The molecule has 0 bridgehead atoms. The number of nitrogens with one attached hydrogen (secondary N) is 1. The molecule has 0 amide bonds. The average molecular weight is 227 g/mol. The SMILES string of the molecule is CCOc1[nH]ncc1Br.Cl. The van der Waals surface area contributed by atoms with E-state index in [1.165, 1.54) is 0 Å². The van der Waals surface area contributed by atoms with Crippen LogP contribution in [0, 0.1) is 0 Å². The molecule has 0 aliphatic heterocycles. The maximum Gasteiger partial charge on any atom is 0.223 e. The molecule has 0 atom stereocenters. The monoisotopic (exact) mass is 226 g/mol. The molecule has 0 aliphatic carbocycles. The van der Waals surface area contributed by atoms with E-state index < -0.39 is 0 Å². The molecule has 0 saturated heterocycles. The first-order valence-electron chi connectivity index (χ1n) is 2.66. The van der Waals surface area contributed by atoms with Gasteiger partial charge in [-0.3, -0.25) is 0 Å². The van der Waals surface area contributed by atoms with Gasteiger partial charge in [-0.25, -0.2) is 5.10 Å². The van der Waals surface area contributed by atoms with Crippen LogP contribution in [-0.2, 0) is 0 Å². The third-order valence-electron chi connectivity index (χ3n) is 0.850. The predicted molar refractivity (Wildman–Crippen MR) is 44.7 cm³/mol. The summed E-state index contributed by atoms with van der Waals surface area (Å²) < 4.78 is 5.98. The summed E-state index contributed by atoms with van der Waals surface area (Å²) >= 11 is 3.25. The van der Waals surface area contributed by atoms with Crippen LogP contribution >= 0.6 is 28.3 Å². The maximum absolute atomic E-state index is 5.11. The van der Waals surface area contributed by atoms with Gasteiger partial charge in [0.25, 0.3) is 0 Å². The van der Waals surface area contributed by atoms with Crippen LogP contribution in [0.15, 0.2) is 10.7 Å². The van der Waals surface area contributed by atoms with Crippen LogP contribution in [0.5, 0.6) is 5.88 Å². The van der Waals surface area contributed by atoms with Crippen LogP contribution in [0.25, 0.3) is 0 Å². The lowest BCUT2D eigenvalue weighted by Gasteiger charge is -1.96. The zero-order valence-electron chi connectivity index (χ0n) is 5.43. The largest absolute Gasteiger partial charge is 0.477 e. The minimum Gasteiger partial charge on any atom is -0.477 e. The zero-order chi connectivity index (χ0) is 6.69. The molecular formula is C5H8BrClN2O. The molecule has 0 spiro atoms. The second kappa shape index (κ2) is 4.57. The Bertz CT molecular complexity index is 192. The van der Waals surface area contributed by atoms with Gasteiger partial charge in [-0.1, -0.05) is 0 Å². The highest BCUT2D eigenvalue weighted by molar-refractivity contribution is 9.10. The van der Waals surface area contributed by atoms with Crippen LogP contribution < -0.4 is 4.74 Å². The maximum atomic E-state index is 5.11. The number of hydrogen-bond acceptors (Lipinski definition) is 2. The highest BCUT2D eigenvalue weighted by Crippen LogP contribution is 2.19. The van der Waals surface area contributed by atoms with Gasteiger partial charge in [-0.15, -0.1) is 12.4 Å². The van der Waals surface area contributed by atoms with Gasteiger partial charge in [0.05, 0.1) is 17.3 Å². The minimum atomic E-state index is 0. The van der Waals surface area contributed by atoms with E-state index >= 15 is 0 Å². The van der Waals surface area contributed by atoms with Crippen molar-refractivity contribution in [1.29, 1.82) is 0 Å². The number of rotatable bonds is 2. The molecular weight excluding hydrogens is 219 g/mol. The summed E-state index contributed by atoms with van der Waals surface area (Å²) in [5.41, 5.74) is 0. The summed E-state index contributed by atoms with van der Waals surface area (Å²) in [6.45, 7) is 2.58. The minimum absolute atomic E-state index is 0. The van der Waals surface area contributed by atoms with Gasteiger partial charge >= 0.3 is 0 Å². The predicted octanol–water partition coefficient (Wildman–Crippen LogP) is 1.99. The first-order valence-corrected chi connectivity index (χ1v) is 3.45. The van der Waals surface area contributed by atoms with E-state index in [-0.39, 0.29) is 12.4 Å². The zero-order valence-corrected chi connectivity index (χ0v) is 7.83. The summed E-state index contributed by atoms with van der Waals surface area (Å²) in [7, 11) is 0. The molecule has 0 radical (unpaired) electrons. The van der Waals surface area contributed by atoms with Gasteiger partial charge in [0.2, 0.25) is 5.88 Å². The fraction of sp³-hybridized carbons (Fsp3) is 0.400. The highest BCUT2D eigenvalue weighted by atomic mass is 79.9. The molecule has 0 aromatic carbocycles. The molecule has 58 valence electrons. The van der Waals surface area contributed by atoms with Crippen LogP contribution in [0.2, 0.25) is 0 Å². The number of aromatic nitrogens is 2. The van der Waals surface area contributed by atoms with Crippen LogP contribution in [0.3, 0.4) is 0 Å².